The number of aromatic hydroxyl groups is 1. The topological polar surface area (TPSA) is 61.7 Å². The van der Waals surface area contributed by atoms with E-state index in [-0.39, 0.29) is 24.4 Å². The van der Waals surface area contributed by atoms with Crippen molar-refractivity contribution in [2.45, 2.75) is 31.8 Å². The van der Waals surface area contributed by atoms with Crippen molar-refractivity contribution in [3.63, 3.8) is 0 Å². The van der Waals surface area contributed by atoms with E-state index in [9.17, 15) is 5.11 Å². The average molecular weight is 332 g/mol. The van der Waals surface area contributed by atoms with Crippen LogP contribution in [0.1, 0.15) is 31.4 Å². The summed E-state index contributed by atoms with van der Waals surface area (Å²) in [5.74, 6) is 0.280. The van der Waals surface area contributed by atoms with Crippen LogP contribution in [0, 0.1) is 0 Å². The molecule has 4 nitrogen and oxygen atoms in total. The lowest BCUT2D eigenvalue weighted by molar-refractivity contribution is 0.141. The number of hydrogen-bond acceptors (Lipinski definition) is 4. The maximum Gasteiger partial charge on any atom is 0.120 e. The first kappa shape index (κ1) is 16.4. The Morgan fingerprint density at radius 3 is 2.74 bits per heavy atom. The zero-order valence-corrected chi connectivity index (χ0v) is 13.0. The molecule has 0 amide bonds. The van der Waals surface area contributed by atoms with Crippen LogP contribution in [0.2, 0.25) is 0 Å². The van der Waals surface area contributed by atoms with Crippen LogP contribution in [0.25, 0.3) is 0 Å². The number of phenolic OH excluding ortho intramolecular Hbond substituents is 1. The molecule has 0 radical (unpaired) electrons. The summed E-state index contributed by atoms with van der Waals surface area (Å²) in [6, 6.07) is 5.51. The van der Waals surface area contributed by atoms with Gasteiger partial charge in [0.1, 0.15) is 5.75 Å². The van der Waals surface area contributed by atoms with Gasteiger partial charge in [-0.1, -0.05) is 22.9 Å². The zero-order valence-electron chi connectivity index (χ0n) is 11.4. The number of nitrogens with one attached hydrogen (secondary N) is 1. The van der Waals surface area contributed by atoms with Crippen molar-refractivity contribution in [3.05, 3.63) is 28.2 Å². The van der Waals surface area contributed by atoms with Gasteiger partial charge in [0, 0.05) is 35.8 Å². The molecule has 0 fully saturated rings. The van der Waals surface area contributed by atoms with Gasteiger partial charge in [0.05, 0.1) is 6.61 Å². The number of aliphatic hydroxyl groups excluding tert-OH is 1. The highest BCUT2D eigenvalue weighted by Crippen LogP contribution is 2.29. The summed E-state index contributed by atoms with van der Waals surface area (Å²) < 4.78 is 6.08. The molecule has 0 aliphatic rings. The number of aliphatic hydroxyl groups is 1. The summed E-state index contributed by atoms with van der Waals surface area (Å²) in [5.41, 5.74) is 0.857. The molecule has 0 bridgehead atoms. The number of benzene rings is 1. The van der Waals surface area contributed by atoms with Crippen LogP contribution in [0.4, 0.5) is 0 Å². The third-order valence-electron chi connectivity index (χ3n) is 3.06. The molecule has 3 N–H and O–H groups in total. The number of phenols is 1. The van der Waals surface area contributed by atoms with E-state index < -0.39 is 0 Å². The monoisotopic (exact) mass is 331 g/mol. The van der Waals surface area contributed by atoms with Crippen molar-refractivity contribution in [2.75, 3.05) is 20.3 Å². The van der Waals surface area contributed by atoms with Gasteiger partial charge in [-0.05, 0) is 31.0 Å². The molecule has 0 aliphatic heterocycles. The molecule has 5 heteroatoms. The lowest BCUT2D eigenvalue weighted by Gasteiger charge is -2.25. The van der Waals surface area contributed by atoms with Gasteiger partial charge < -0.3 is 20.3 Å². The summed E-state index contributed by atoms with van der Waals surface area (Å²) in [6.07, 6.45) is 1.47. The predicted octanol–water partition coefficient (Wildman–Crippen LogP) is 2.59. The van der Waals surface area contributed by atoms with Crippen molar-refractivity contribution < 1.29 is 14.9 Å². The van der Waals surface area contributed by atoms with Gasteiger partial charge >= 0.3 is 0 Å². The predicted molar refractivity (Wildman–Crippen MR) is 79.3 cm³/mol. The molecule has 0 aliphatic carbocycles. The maximum absolute atomic E-state index is 9.97. The Balaban J connectivity index is 2.83. The highest BCUT2D eigenvalue weighted by molar-refractivity contribution is 9.10. The van der Waals surface area contributed by atoms with E-state index in [1.165, 1.54) is 0 Å². The summed E-state index contributed by atoms with van der Waals surface area (Å²) in [7, 11) is 1.64. The van der Waals surface area contributed by atoms with Gasteiger partial charge in [-0.25, -0.2) is 0 Å². The van der Waals surface area contributed by atoms with Crippen LogP contribution in [-0.4, -0.2) is 36.6 Å². The number of hydrogen-bond donors (Lipinski definition) is 3. The second-order valence-electron chi connectivity index (χ2n) is 4.50. The van der Waals surface area contributed by atoms with E-state index in [0.29, 0.717) is 13.0 Å². The summed E-state index contributed by atoms with van der Waals surface area (Å²) in [4.78, 5) is 0. The standard InChI is InChI=1S/C14H22BrNO3/c1-3-13(16-11(6-7-17)9-19-2)12-8-10(15)4-5-14(12)18/h4-5,8,11,13,16-18H,3,6-7,9H2,1-2H3. The van der Waals surface area contributed by atoms with Crippen LogP contribution in [-0.2, 0) is 4.74 Å². The number of rotatable bonds is 8. The average Bonchev–Trinajstić information content (AvgIpc) is 2.39. The van der Waals surface area contributed by atoms with Crippen LogP contribution < -0.4 is 5.32 Å². The fourth-order valence-electron chi connectivity index (χ4n) is 2.09. The van der Waals surface area contributed by atoms with Gasteiger partial charge in [0.2, 0.25) is 0 Å². The SMILES string of the molecule is CCC(NC(CCO)COC)c1cc(Br)ccc1O. The Hall–Kier alpha value is -0.620. The van der Waals surface area contributed by atoms with Crippen LogP contribution in [0.15, 0.2) is 22.7 Å². The van der Waals surface area contributed by atoms with E-state index in [0.717, 1.165) is 16.5 Å². The first-order valence-corrected chi connectivity index (χ1v) is 7.25. The van der Waals surface area contributed by atoms with Crippen LogP contribution >= 0.6 is 15.9 Å². The lowest BCUT2D eigenvalue weighted by Crippen LogP contribution is -2.36. The zero-order chi connectivity index (χ0) is 14.3. The molecule has 1 aromatic carbocycles. The second-order valence-corrected chi connectivity index (χ2v) is 5.41. The molecule has 0 saturated heterocycles. The van der Waals surface area contributed by atoms with Crippen molar-refractivity contribution in [2.24, 2.45) is 0 Å². The Labute approximate surface area is 122 Å². The molecule has 19 heavy (non-hydrogen) atoms. The van der Waals surface area contributed by atoms with Gasteiger partial charge in [-0.15, -0.1) is 0 Å². The van der Waals surface area contributed by atoms with E-state index in [1.807, 2.05) is 12.1 Å². The van der Waals surface area contributed by atoms with Crippen molar-refractivity contribution in [1.82, 2.24) is 5.32 Å². The minimum Gasteiger partial charge on any atom is -0.508 e. The molecular formula is C14H22BrNO3. The minimum absolute atomic E-state index is 0.0317. The molecule has 2 unspecified atom stereocenters. The third kappa shape index (κ3) is 5.10. The number of methoxy groups -OCH3 is 1. The molecule has 1 aromatic rings. The van der Waals surface area contributed by atoms with E-state index in [2.05, 4.69) is 28.2 Å². The largest absolute Gasteiger partial charge is 0.508 e. The Kier molecular flexibility index (Phi) is 7.38. The fourth-order valence-corrected chi connectivity index (χ4v) is 2.47. The Bertz CT molecular complexity index is 381. The quantitative estimate of drug-likeness (QED) is 0.685. The molecule has 0 saturated carbocycles. The van der Waals surface area contributed by atoms with Crippen molar-refractivity contribution in [3.8, 4) is 5.75 Å². The van der Waals surface area contributed by atoms with Gasteiger partial charge in [-0.3, -0.25) is 0 Å². The summed E-state index contributed by atoms with van der Waals surface area (Å²) >= 11 is 3.42. The van der Waals surface area contributed by atoms with E-state index in [1.54, 1.807) is 13.2 Å². The Morgan fingerprint density at radius 2 is 2.16 bits per heavy atom. The van der Waals surface area contributed by atoms with Gasteiger partial charge in [0.25, 0.3) is 0 Å². The minimum atomic E-state index is 0.0317. The molecule has 108 valence electrons. The molecule has 0 spiro atoms. The Morgan fingerprint density at radius 1 is 1.42 bits per heavy atom. The second kappa shape index (κ2) is 8.53. The lowest BCUT2D eigenvalue weighted by atomic mass is 10.0. The highest BCUT2D eigenvalue weighted by Gasteiger charge is 2.18. The molecular weight excluding hydrogens is 310 g/mol. The fraction of sp³-hybridized carbons (Fsp3) is 0.571. The maximum atomic E-state index is 9.97. The van der Waals surface area contributed by atoms with Gasteiger partial charge in [0.15, 0.2) is 0 Å². The number of ether oxygens (including phenoxy) is 1. The highest BCUT2D eigenvalue weighted by atomic mass is 79.9. The molecule has 0 heterocycles. The molecule has 0 aromatic heterocycles. The first-order valence-electron chi connectivity index (χ1n) is 6.46. The normalized spacial score (nSPS) is 14.3. The van der Waals surface area contributed by atoms with Crippen molar-refractivity contribution in [1.29, 1.82) is 0 Å². The summed E-state index contributed by atoms with van der Waals surface area (Å²) in [5, 5.41) is 22.5. The number of halogens is 1. The molecule has 1 rings (SSSR count). The van der Waals surface area contributed by atoms with Crippen LogP contribution in [0.5, 0.6) is 5.75 Å². The third-order valence-corrected chi connectivity index (χ3v) is 3.55. The first-order chi connectivity index (χ1) is 9.12. The molecule has 2 atom stereocenters. The van der Waals surface area contributed by atoms with E-state index in [4.69, 9.17) is 9.84 Å². The summed E-state index contributed by atoms with van der Waals surface area (Å²) in [6.45, 7) is 2.70. The van der Waals surface area contributed by atoms with Gasteiger partial charge in [-0.2, -0.15) is 0 Å². The van der Waals surface area contributed by atoms with Crippen molar-refractivity contribution >= 4 is 15.9 Å². The van der Waals surface area contributed by atoms with E-state index >= 15 is 0 Å². The smallest absolute Gasteiger partial charge is 0.120 e. The van der Waals surface area contributed by atoms with Crippen LogP contribution in [0.3, 0.4) is 0 Å².